The van der Waals surface area contributed by atoms with Crippen LogP contribution >= 0.6 is 0 Å². The molecule has 1 aliphatic rings. The van der Waals surface area contributed by atoms with Gasteiger partial charge in [-0.1, -0.05) is 6.07 Å². The second kappa shape index (κ2) is 7.30. The third-order valence-electron chi connectivity index (χ3n) is 2.87. The highest BCUT2D eigenvalue weighted by atomic mass is 16.6. The minimum atomic E-state index is -0.565. The third kappa shape index (κ3) is 4.22. The predicted molar refractivity (Wildman–Crippen MR) is 79.8 cm³/mol. The monoisotopic (exact) mass is 320 g/mol. The lowest BCUT2D eigenvalue weighted by atomic mass is 10.1. The van der Waals surface area contributed by atoms with E-state index in [-0.39, 0.29) is 12.3 Å². The van der Waals surface area contributed by atoms with Crippen LogP contribution in [-0.2, 0) is 14.3 Å². The Morgan fingerprint density at radius 2 is 1.96 bits per heavy atom. The van der Waals surface area contributed by atoms with Gasteiger partial charge < -0.3 is 19.5 Å². The molecule has 0 radical (unpaired) electrons. The molecule has 1 heterocycles. The van der Waals surface area contributed by atoms with Crippen molar-refractivity contribution in [1.82, 2.24) is 10.6 Å². The zero-order valence-corrected chi connectivity index (χ0v) is 12.7. The average Bonchev–Trinajstić information content (AvgIpc) is 2.84. The molecule has 0 spiro atoms. The van der Waals surface area contributed by atoms with Crippen molar-refractivity contribution >= 4 is 24.0 Å². The summed E-state index contributed by atoms with van der Waals surface area (Å²) in [6.45, 7) is 1.96. The highest BCUT2D eigenvalue weighted by Gasteiger charge is 2.22. The molecule has 1 fully saturated rings. The fourth-order valence-electron chi connectivity index (χ4n) is 1.85. The van der Waals surface area contributed by atoms with Crippen LogP contribution in [-0.4, -0.2) is 38.2 Å². The van der Waals surface area contributed by atoms with E-state index in [2.05, 4.69) is 15.4 Å². The van der Waals surface area contributed by atoms with Gasteiger partial charge in [-0.3, -0.25) is 10.1 Å². The van der Waals surface area contributed by atoms with Gasteiger partial charge in [0.05, 0.1) is 13.7 Å². The number of methoxy groups -OCH3 is 1. The Kier molecular flexibility index (Phi) is 5.19. The number of urea groups is 1. The number of benzene rings is 1. The summed E-state index contributed by atoms with van der Waals surface area (Å²) in [7, 11) is 1.27. The van der Waals surface area contributed by atoms with Gasteiger partial charge in [-0.05, 0) is 30.7 Å². The van der Waals surface area contributed by atoms with Gasteiger partial charge in [0.2, 0.25) is 0 Å². The lowest BCUT2D eigenvalue weighted by Crippen LogP contribution is -2.22. The molecule has 1 saturated heterocycles. The number of rotatable bonds is 6. The van der Waals surface area contributed by atoms with Crippen LogP contribution in [0.1, 0.15) is 12.5 Å². The SMILES string of the molecule is CCOc1cc(/C=C2/NC(=O)NC2=O)ccc1OCC(=O)OC. The number of imide groups is 1. The van der Waals surface area contributed by atoms with Crippen molar-refractivity contribution in [2.24, 2.45) is 0 Å². The van der Waals surface area contributed by atoms with Gasteiger partial charge in [0.1, 0.15) is 5.70 Å². The molecule has 8 heteroatoms. The number of amides is 3. The molecular formula is C15H16N2O6. The van der Waals surface area contributed by atoms with Crippen LogP contribution in [0.2, 0.25) is 0 Å². The van der Waals surface area contributed by atoms with Gasteiger partial charge >= 0.3 is 12.0 Å². The van der Waals surface area contributed by atoms with E-state index in [4.69, 9.17) is 9.47 Å². The molecule has 1 aliphatic heterocycles. The molecule has 1 aromatic rings. The van der Waals surface area contributed by atoms with Crippen LogP contribution in [0.4, 0.5) is 4.79 Å². The largest absolute Gasteiger partial charge is 0.490 e. The van der Waals surface area contributed by atoms with Gasteiger partial charge in [0, 0.05) is 0 Å². The maximum absolute atomic E-state index is 11.5. The van der Waals surface area contributed by atoms with Crippen LogP contribution in [0, 0.1) is 0 Å². The summed E-state index contributed by atoms with van der Waals surface area (Å²) in [6.07, 6.45) is 1.51. The fourth-order valence-corrected chi connectivity index (χ4v) is 1.85. The quantitative estimate of drug-likeness (QED) is 0.457. The van der Waals surface area contributed by atoms with Gasteiger partial charge in [0.15, 0.2) is 18.1 Å². The number of nitrogens with one attached hydrogen (secondary N) is 2. The van der Waals surface area contributed by atoms with E-state index in [1.807, 2.05) is 0 Å². The Bertz CT molecular complexity index is 668. The molecule has 0 bridgehead atoms. The molecular weight excluding hydrogens is 304 g/mol. The van der Waals surface area contributed by atoms with Crippen molar-refractivity contribution in [3.63, 3.8) is 0 Å². The standard InChI is InChI=1S/C15H16N2O6/c1-3-22-12-7-9(6-10-14(19)17-15(20)16-10)4-5-11(12)23-8-13(18)21-2/h4-7H,3,8H2,1-2H3,(H2,16,17,19,20)/b10-6+. The Morgan fingerprint density at radius 1 is 1.17 bits per heavy atom. The summed E-state index contributed by atoms with van der Waals surface area (Å²) >= 11 is 0. The normalized spacial score (nSPS) is 15.1. The van der Waals surface area contributed by atoms with E-state index in [1.54, 1.807) is 25.1 Å². The van der Waals surface area contributed by atoms with Crippen molar-refractivity contribution in [3.05, 3.63) is 29.5 Å². The highest BCUT2D eigenvalue weighted by molar-refractivity contribution is 6.14. The maximum Gasteiger partial charge on any atom is 0.343 e. The Labute approximate surface area is 132 Å². The molecule has 122 valence electrons. The summed E-state index contributed by atoms with van der Waals surface area (Å²) in [6, 6.07) is 4.35. The minimum Gasteiger partial charge on any atom is -0.490 e. The summed E-state index contributed by atoms with van der Waals surface area (Å²) < 4.78 is 15.3. The van der Waals surface area contributed by atoms with Crippen molar-refractivity contribution < 1.29 is 28.6 Å². The molecule has 8 nitrogen and oxygen atoms in total. The van der Waals surface area contributed by atoms with Crippen LogP contribution in [0.5, 0.6) is 11.5 Å². The smallest absolute Gasteiger partial charge is 0.343 e. The van der Waals surface area contributed by atoms with Crippen LogP contribution < -0.4 is 20.1 Å². The van der Waals surface area contributed by atoms with E-state index in [9.17, 15) is 14.4 Å². The van der Waals surface area contributed by atoms with Crippen LogP contribution in [0.25, 0.3) is 6.08 Å². The third-order valence-corrected chi connectivity index (χ3v) is 2.87. The minimum absolute atomic E-state index is 0.140. The predicted octanol–water partition coefficient (Wildman–Crippen LogP) is 0.817. The van der Waals surface area contributed by atoms with Crippen molar-refractivity contribution in [3.8, 4) is 11.5 Å². The first-order chi connectivity index (χ1) is 11.0. The van der Waals surface area contributed by atoms with E-state index in [0.717, 1.165) is 0 Å². The van der Waals surface area contributed by atoms with Crippen LogP contribution in [0.15, 0.2) is 23.9 Å². The van der Waals surface area contributed by atoms with Crippen molar-refractivity contribution in [2.45, 2.75) is 6.92 Å². The van der Waals surface area contributed by atoms with E-state index >= 15 is 0 Å². The second-order valence-electron chi connectivity index (χ2n) is 4.47. The van der Waals surface area contributed by atoms with E-state index in [1.165, 1.54) is 13.2 Å². The zero-order chi connectivity index (χ0) is 16.8. The number of ether oxygens (including phenoxy) is 3. The number of esters is 1. The number of carbonyl (C=O) groups excluding carboxylic acids is 3. The van der Waals surface area contributed by atoms with E-state index in [0.29, 0.717) is 23.7 Å². The molecule has 2 rings (SSSR count). The number of hydrogen-bond acceptors (Lipinski definition) is 6. The Hall–Kier alpha value is -3.03. The molecule has 1 aromatic carbocycles. The Balaban J connectivity index is 2.21. The average molecular weight is 320 g/mol. The molecule has 2 N–H and O–H groups in total. The van der Waals surface area contributed by atoms with Gasteiger partial charge in [-0.25, -0.2) is 9.59 Å². The zero-order valence-electron chi connectivity index (χ0n) is 12.7. The Morgan fingerprint density at radius 3 is 2.57 bits per heavy atom. The number of carbonyl (C=O) groups is 3. The van der Waals surface area contributed by atoms with Crippen LogP contribution in [0.3, 0.4) is 0 Å². The molecule has 0 atom stereocenters. The van der Waals surface area contributed by atoms with Crippen molar-refractivity contribution in [1.29, 1.82) is 0 Å². The second-order valence-corrected chi connectivity index (χ2v) is 4.47. The lowest BCUT2D eigenvalue weighted by Gasteiger charge is -2.12. The lowest BCUT2D eigenvalue weighted by molar-refractivity contribution is -0.142. The maximum atomic E-state index is 11.5. The molecule has 23 heavy (non-hydrogen) atoms. The summed E-state index contributed by atoms with van der Waals surface area (Å²) in [5.41, 5.74) is 0.770. The molecule has 0 aromatic heterocycles. The van der Waals surface area contributed by atoms with Gasteiger partial charge in [-0.15, -0.1) is 0 Å². The van der Waals surface area contributed by atoms with Crippen molar-refractivity contribution in [2.75, 3.05) is 20.3 Å². The molecule has 3 amide bonds. The van der Waals surface area contributed by atoms with Gasteiger partial charge in [0.25, 0.3) is 5.91 Å². The first kappa shape index (κ1) is 16.3. The molecule has 0 saturated carbocycles. The molecule has 0 unspecified atom stereocenters. The first-order valence-corrected chi connectivity index (χ1v) is 6.84. The summed E-state index contributed by atoms with van der Waals surface area (Å²) in [5, 5.41) is 4.51. The summed E-state index contributed by atoms with van der Waals surface area (Å²) in [5.74, 6) is -0.224. The van der Waals surface area contributed by atoms with Gasteiger partial charge in [-0.2, -0.15) is 0 Å². The fraction of sp³-hybridized carbons (Fsp3) is 0.267. The topological polar surface area (TPSA) is 103 Å². The number of hydrogen-bond donors (Lipinski definition) is 2. The van der Waals surface area contributed by atoms with E-state index < -0.39 is 17.9 Å². The molecule has 0 aliphatic carbocycles. The summed E-state index contributed by atoms with van der Waals surface area (Å²) in [4.78, 5) is 33.7. The first-order valence-electron chi connectivity index (χ1n) is 6.84. The highest BCUT2D eigenvalue weighted by Crippen LogP contribution is 2.29.